The summed E-state index contributed by atoms with van der Waals surface area (Å²) in [6, 6.07) is 8.03. The molecule has 0 saturated carbocycles. The van der Waals surface area contributed by atoms with Crippen molar-refractivity contribution in [3.05, 3.63) is 30.5 Å². The number of ether oxygens (including phenoxy) is 1. The number of hydrogen-bond donors (Lipinski definition) is 1. The summed E-state index contributed by atoms with van der Waals surface area (Å²) in [7, 11) is 1.68. The van der Waals surface area contributed by atoms with E-state index in [1.54, 1.807) is 7.11 Å². The summed E-state index contributed by atoms with van der Waals surface area (Å²) in [5, 5.41) is 5.71. The Morgan fingerprint density at radius 1 is 1.24 bits per heavy atom. The third kappa shape index (κ3) is 3.41. The number of methoxy groups -OCH3 is 1. The van der Waals surface area contributed by atoms with Gasteiger partial charge in [0.05, 0.1) is 7.11 Å². The van der Waals surface area contributed by atoms with Crippen LogP contribution < -0.4 is 10.1 Å². The second-order valence-corrected chi connectivity index (χ2v) is 5.71. The van der Waals surface area contributed by atoms with Gasteiger partial charge in [0.2, 0.25) is 0 Å². The number of rotatable bonds is 7. The predicted molar refractivity (Wildman–Crippen MR) is 90.5 cm³/mol. The van der Waals surface area contributed by atoms with Crippen LogP contribution in [0.3, 0.4) is 0 Å². The van der Waals surface area contributed by atoms with Crippen LogP contribution in [0.15, 0.2) is 30.5 Å². The van der Waals surface area contributed by atoms with Crippen LogP contribution in [0.1, 0.15) is 26.7 Å². The lowest BCUT2D eigenvalue weighted by Gasteiger charge is -2.29. The Labute approximate surface area is 131 Å². The molecule has 3 nitrogen and oxygen atoms in total. The zero-order chi connectivity index (χ0) is 15.3. The van der Waals surface area contributed by atoms with Crippen LogP contribution in [-0.4, -0.2) is 24.5 Å². The molecule has 1 aromatic carbocycles. The second-order valence-electron chi connectivity index (χ2n) is 5.44. The zero-order valence-electron chi connectivity index (χ0n) is 12.9. The predicted octanol–water partition coefficient (Wildman–Crippen LogP) is 4.70. The molecular weight excluding hydrogens is 284 g/mol. The summed E-state index contributed by atoms with van der Waals surface area (Å²) < 4.78 is 5.27. The Bertz CT molecular complexity index is 588. The molecule has 2 rings (SSSR count). The summed E-state index contributed by atoms with van der Waals surface area (Å²) in [6.45, 7) is 5.21. The summed E-state index contributed by atoms with van der Waals surface area (Å²) >= 11 is 6.17. The van der Waals surface area contributed by atoms with Gasteiger partial charge < -0.3 is 10.1 Å². The van der Waals surface area contributed by atoms with E-state index in [2.05, 4.69) is 24.1 Å². The highest BCUT2D eigenvalue weighted by molar-refractivity contribution is 6.18. The molecule has 0 aliphatic rings. The second kappa shape index (κ2) is 6.99. The van der Waals surface area contributed by atoms with Crippen molar-refractivity contribution in [1.29, 1.82) is 0 Å². The molecule has 0 aliphatic carbocycles. The first kappa shape index (κ1) is 15.9. The maximum Gasteiger partial charge on any atom is 0.133 e. The molecule has 0 atom stereocenters. The molecule has 114 valence electrons. The van der Waals surface area contributed by atoms with Crippen LogP contribution in [0, 0.1) is 5.41 Å². The summed E-state index contributed by atoms with van der Waals surface area (Å²) in [5.41, 5.74) is 0.123. The number of halogens is 1. The van der Waals surface area contributed by atoms with Gasteiger partial charge in [0.25, 0.3) is 0 Å². The number of fused-ring (bicyclic) bond motifs is 1. The average molecular weight is 307 g/mol. The smallest absolute Gasteiger partial charge is 0.133 e. The van der Waals surface area contributed by atoms with E-state index in [-0.39, 0.29) is 5.41 Å². The van der Waals surface area contributed by atoms with Gasteiger partial charge >= 0.3 is 0 Å². The van der Waals surface area contributed by atoms with E-state index in [9.17, 15) is 0 Å². The quantitative estimate of drug-likeness (QED) is 0.753. The number of nitrogens with one attached hydrogen (secondary N) is 1. The van der Waals surface area contributed by atoms with Crippen molar-refractivity contribution < 1.29 is 4.74 Å². The average Bonchev–Trinajstić information content (AvgIpc) is 2.56. The van der Waals surface area contributed by atoms with Crippen LogP contribution in [-0.2, 0) is 0 Å². The number of pyridine rings is 1. The minimum atomic E-state index is 0.123. The van der Waals surface area contributed by atoms with Crippen molar-refractivity contribution in [3.63, 3.8) is 0 Å². The molecule has 2 aromatic rings. The SMILES string of the molecule is CCC(CC)(CCl)CNc1nccc2cc(OC)ccc12. The van der Waals surface area contributed by atoms with E-state index >= 15 is 0 Å². The fourth-order valence-corrected chi connectivity index (χ4v) is 2.90. The Morgan fingerprint density at radius 3 is 2.62 bits per heavy atom. The van der Waals surface area contributed by atoms with Crippen LogP contribution in [0.25, 0.3) is 10.8 Å². The van der Waals surface area contributed by atoms with Crippen molar-refractivity contribution in [3.8, 4) is 5.75 Å². The van der Waals surface area contributed by atoms with Gasteiger partial charge in [0.15, 0.2) is 0 Å². The van der Waals surface area contributed by atoms with Gasteiger partial charge in [-0.25, -0.2) is 4.98 Å². The van der Waals surface area contributed by atoms with Crippen LogP contribution in [0.2, 0.25) is 0 Å². The van der Waals surface area contributed by atoms with Crippen molar-refractivity contribution in [2.45, 2.75) is 26.7 Å². The van der Waals surface area contributed by atoms with Crippen LogP contribution >= 0.6 is 11.6 Å². The number of alkyl halides is 1. The maximum atomic E-state index is 6.17. The lowest BCUT2D eigenvalue weighted by Crippen LogP contribution is -2.30. The molecule has 0 aliphatic heterocycles. The molecule has 0 spiro atoms. The minimum Gasteiger partial charge on any atom is -0.497 e. The number of anilines is 1. The first-order chi connectivity index (χ1) is 10.2. The third-order valence-corrected chi connectivity index (χ3v) is 4.95. The zero-order valence-corrected chi connectivity index (χ0v) is 13.7. The van der Waals surface area contributed by atoms with Gasteiger partial charge in [-0.15, -0.1) is 11.6 Å². The van der Waals surface area contributed by atoms with Gasteiger partial charge in [0, 0.05) is 29.4 Å². The van der Waals surface area contributed by atoms with E-state index in [0.717, 1.165) is 41.7 Å². The molecular formula is C17H23ClN2O. The fraction of sp³-hybridized carbons (Fsp3) is 0.471. The molecule has 0 fully saturated rings. The maximum absolute atomic E-state index is 6.17. The van der Waals surface area contributed by atoms with E-state index in [1.807, 2.05) is 30.5 Å². The number of hydrogen-bond acceptors (Lipinski definition) is 3. The van der Waals surface area contributed by atoms with Crippen molar-refractivity contribution in [2.75, 3.05) is 24.9 Å². The summed E-state index contributed by atoms with van der Waals surface area (Å²) in [6.07, 6.45) is 3.93. The molecule has 0 saturated heterocycles. The van der Waals surface area contributed by atoms with E-state index in [1.165, 1.54) is 0 Å². The minimum absolute atomic E-state index is 0.123. The third-order valence-electron chi connectivity index (χ3n) is 4.39. The monoisotopic (exact) mass is 306 g/mol. The first-order valence-corrected chi connectivity index (χ1v) is 7.94. The molecule has 1 N–H and O–H groups in total. The van der Waals surface area contributed by atoms with E-state index < -0.39 is 0 Å². The number of benzene rings is 1. The summed E-state index contributed by atoms with van der Waals surface area (Å²) in [4.78, 5) is 4.47. The topological polar surface area (TPSA) is 34.2 Å². The highest BCUT2D eigenvalue weighted by Crippen LogP contribution is 2.30. The highest BCUT2D eigenvalue weighted by Gasteiger charge is 2.25. The first-order valence-electron chi connectivity index (χ1n) is 7.40. The molecule has 0 amide bonds. The normalized spacial score (nSPS) is 11.6. The van der Waals surface area contributed by atoms with E-state index in [4.69, 9.17) is 16.3 Å². The molecule has 0 radical (unpaired) electrons. The lowest BCUT2D eigenvalue weighted by atomic mass is 9.84. The molecule has 4 heteroatoms. The Hall–Kier alpha value is -1.48. The van der Waals surface area contributed by atoms with E-state index in [0.29, 0.717) is 5.88 Å². The Balaban J connectivity index is 2.26. The highest BCUT2D eigenvalue weighted by atomic mass is 35.5. The van der Waals surface area contributed by atoms with Gasteiger partial charge in [-0.05, 0) is 42.5 Å². The Morgan fingerprint density at radius 2 is 2.00 bits per heavy atom. The fourth-order valence-electron chi connectivity index (χ4n) is 2.43. The standard InChI is InChI=1S/C17H23ClN2O/c1-4-17(5-2,11-18)12-20-16-15-7-6-14(21-3)10-13(15)8-9-19-16/h6-10H,4-5,11-12H2,1-3H3,(H,19,20). The van der Waals surface area contributed by atoms with Gasteiger partial charge in [-0.2, -0.15) is 0 Å². The van der Waals surface area contributed by atoms with Gasteiger partial charge in [-0.3, -0.25) is 0 Å². The van der Waals surface area contributed by atoms with Crippen molar-refractivity contribution in [1.82, 2.24) is 4.98 Å². The summed E-state index contributed by atoms with van der Waals surface area (Å²) in [5.74, 6) is 2.43. The molecule has 1 aromatic heterocycles. The molecule has 21 heavy (non-hydrogen) atoms. The van der Waals surface area contributed by atoms with Gasteiger partial charge in [0.1, 0.15) is 11.6 Å². The molecule has 1 heterocycles. The molecule has 0 bridgehead atoms. The largest absolute Gasteiger partial charge is 0.497 e. The van der Waals surface area contributed by atoms with Crippen molar-refractivity contribution in [2.24, 2.45) is 5.41 Å². The Kier molecular flexibility index (Phi) is 5.29. The number of nitrogens with zero attached hydrogens (tertiary/aromatic N) is 1. The number of aromatic nitrogens is 1. The molecule has 0 unspecified atom stereocenters. The lowest BCUT2D eigenvalue weighted by molar-refractivity contribution is 0.326. The van der Waals surface area contributed by atoms with Gasteiger partial charge in [-0.1, -0.05) is 13.8 Å². The van der Waals surface area contributed by atoms with Crippen LogP contribution in [0.4, 0.5) is 5.82 Å². The van der Waals surface area contributed by atoms with Crippen molar-refractivity contribution >= 4 is 28.2 Å². The van der Waals surface area contributed by atoms with Crippen LogP contribution in [0.5, 0.6) is 5.75 Å².